The lowest BCUT2D eigenvalue weighted by atomic mass is 10.2. The van der Waals surface area contributed by atoms with E-state index in [2.05, 4.69) is 15.4 Å². The van der Waals surface area contributed by atoms with E-state index in [0.29, 0.717) is 33.2 Å². The molecule has 0 unspecified atom stereocenters. The van der Waals surface area contributed by atoms with Crippen LogP contribution in [-0.4, -0.2) is 9.97 Å². The Kier molecular flexibility index (Phi) is 3.31. The maximum atomic E-state index is 6.19. The number of nitrogen functional groups attached to an aromatic ring is 1. The topological polar surface area (TPSA) is 63.8 Å². The van der Waals surface area contributed by atoms with Gasteiger partial charge in [-0.1, -0.05) is 29.3 Å². The number of benzene rings is 1. The number of hydrogen-bond acceptors (Lipinski definition) is 4. The van der Waals surface area contributed by atoms with Gasteiger partial charge < -0.3 is 5.43 Å². The molecule has 0 atom stereocenters. The highest BCUT2D eigenvalue weighted by atomic mass is 35.5. The van der Waals surface area contributed by atoms with E-state index in [1.807, 2.05) is 6.07 Å². The van der Waals surface area contributed by atoms with E-state index in [0.717, 1.165) is 18.5 Å². The van der Waals surface area contributed by atoms with Gasteiger partial charge in [0.25, 0.3) is 0 Å². The van der Waals surface area contributed by atoms with Gasteiger partial charge in [0.2, 0.25) is 0 Å². The molecule has 4 nitrogen and oxygen atoms in total. The minimum absolute atomic E-state index is 0.495. The van der Waals surface area contributed by atoms with Gasteiger partial charge in [-0.05, 0) is 25.0 Å². The quantitative estimate of drug-likeness (QED) is 0.670. The predicted octanol–water partition coefficient (Wildman–Crippen LogP) is 3.61. The van der Waals surface area contributed by atoms with Crippen molar-refractivity contribution < 1.29 is 0 Å². The Bertz CT molecular complexity index is 606. The molecule has 0 saturated heterocycles. The second-order valence-corrected chi connectivity index (χ2v) is 5.33. The van der Waals surface area contributed by atoms with E-state index in [1.54, 1.807) is 18.2 Å². The summed E-state index contributed by atoms with van der Waals surface area (Å²) in [4.78, 5) is 8.90. The smallest absolute Gasteiger partial charge is 0.164 e. The van der Waals surface area contributed by atoms with Crippen LogP contribution >= 0.6 is 23.2 Å². The van der Waals surface area contributed by atoms with Crippen molar-refractivity contribution in [2.75, 3.05) is 5.43 Å². The summed E-state index contributed by atoms with van der Waals surface area (Å²) in [5.74, 6) is 7.03. The van der Waals surface area contributed by atoms with Gasteiger partial charge in [-0.3, -0.25) is 0 Å². The maximum absolute atomic E-state index is 6.19. The molecule has 0 bridgehead atoms. The third-order valence-electron chi connectivity index (χ3n) is 3.08. The summed E-state index contributed by atoms with van der Waals surface area (Å²) < 4.78 is 0. The van der Waals surface area contributed by atoms with E-state index >= 15 is 0 Å². The second kappa shape index (κ2) is 4.96. The molecule has 0 spiro atoms. The van der Waals surface area contributed by atoms with Gasteiger partial charge >= 0.3 is 0 Å². The van der Waals surface area contributed by atoms with Crippen LogP contribution < -0.4 is 11.3 Å². The molecule has 0 amide bonds. The Balaban J connectivity index is 2.16. The summed E-state index contributed by atoms with van der Waals surface area (Å²) in [6.45, 7) is 0. The number of nitrogens with two attached hydrogens (primary N) is 1. The number of hydrogen-bond donors (Lipinski definition) is 2. The second-order valence-electron chi connectivity index (χ2n) is 4.52. The molecule has 98 valence electrons. The molecule has 1 aliphatic rings. The first kappa shape index (κ1) is 12.7. The molecule has 1 aliphatic carbocycles. The summed E-state index contributed by atoms with van der Waals surface area (Å²) in [6, 6.07) is 7.20. The van der Waals surface area contributed by atoms with Crippen LogP contribution in [0.15, 0.2) is 24.3 Å². The highest BCUT2D eigenvalue weighted by Gasteiger charge is 2.26. The van der Waals surface area contributed by atoms with Crippen LogP contribution in [0.3, 0.4) is 0 Å². The van der Waals surface area contributed by atoms with E-state index in [9.17, 15) is 0 Å². The lowest BCUT2D eigenvalue weighted by molar-refractivity contribution is 0.991. The number of halogens is 2. The van der Waals surface area contributed by atoms with Crippen molar-refractivity contribution in [3.05, 3.63) is 40.0 Å². The van der Waals surface area contributed by atoms with Crippen molar-refractivity contribution in [3.8, 4) is 11.4 Å². The van der Waals surface area contributed by atoms with Crippen LogP contribution in [0.5, 0.6) is 0 Å². The number of nitrogens with zero attached hydrogens (tertiary/aromatic N) is 2. The zero-order valence-electron chi connectivity index (χ0n) is 10.0. The van der Waals surface area contributed by atoms with Crippen molar-refractivity contribution in [1.29, 1.82) is 0 Å². The van der Waals surface area contributed by atoms with Gasteiger partial charge in [0, 0.05) is 17.7 Å². The lowest BCUT2D eigenvalue weighted by Crippen LogP contribution is -2.10. The maximum Gasteiger partial charge on any atom is 0.164 e. The van der Waals surface area contributed by atoms with Crippen LogP contribution in [0.1, 0.15) is 24.5 Å². The highest BCUT2D eigenvalue weighted by molar-refractivity contribution is 6.38. The summed E-state index contributed by atoms with van der Waals surface area (Å²) in [5.41, 5.74) is 4.19. The molecule has 0 radical (unpaired) electrons. The van der Waals surface area contributed by atoms with Crippen molar-refractivity contribution in [2.45, 2.75) is 18.8 Å². The van der Waals surface area contributed by atoms with Crippen LogP contribution in [0.2, 0.25) is 10.0 Å². The molecule has 1 saturated carbocycles. The monoisotopic (exact) mass is 294 g/mol. The van der Waals surface area contributed by atoms with E-state index in [-0.39, 0.29) is 0 Å². The molecular formula is C13H12Cl2N4. The average molecular weight is 295 g/mol. The fraction of sp³-hybridized carbons (Fsp3) is 0.231. The molecule has 3 rings (SSSR count). The number of nitrogens with one attached hydrogen (secondary N) is 1. The summed E-state index contributed by atoms with van der Waals surface area (Å²) >= 11 is 12.4. The summed E-state index contributed by atoms with van der Waals surface area (Å²) in [7, 11) is 0. The minimum Gasteiger partial charge on any atom is -0.308 e. The summed E-state index contributed by atoms with van der Waals surface area (Å²) in [5, 5.41) is 1.06. The fourth-order valence-electron chi connectivity index (χ4n) is 1.95. The lowest BCUT2D eigenvalue weighted by Gasteiger charge is -2.09. The van der Waals surface area contributed by atoms with Crippen molar-refractivity contribution >= 4 is 29.0 Å². The molecule has 1 aromatic carbocycles. The van der Waals surface area contributed by atoms with Gasteiger partial charge in [-0.25, -0.2) is 15.8 Å². The van der Waals surface area contributed by atoms with Crippen molar-refractivity contribution in [2.24, 2.45) is 5.84 Å². The van der Waals surface area contributed by atoms with E-state index in [1.165, 1.54) is 0 Å². The molecule has 2 aromatic rings. The fourth-order valence-corrected chi connectivity index (χ4v) is 2.52. The third-order valence-corrected chi connectivity index (χ3v) is 3.71. The molecule has 19 heavy (non-hydrogen) atoms. The van der Waals surface area contributed by atoms with Gasteiger partial charge in [0.15, 0.2) is 5.82 Å². The molecule has 1 fully saturated rings. The molecule has 6 heteroatoms. The Morgan fingerprint density at radius 3 is 2.42 bits per heavy atom. The number of anilines is 1. The molecular weight excluding hydrogens is 283 g/mol. The van der Waals surface area contributed by atoms with Gasteiger partial charge in [0.05, 0.1) is 15.6 Å². The standard InChI is InChI=1S/C13H12Cl2N4/c14-8-2-1-3-9(15)12(8)13-17-10(7-4-5-7)6-11(18-13)19-16/h1-3,6-7H,4-5,16H2,(H,17,18,19). The zero-order valence-corrected chi connectivity index (χ0v) is 11.5. The molecule has 1 aromatic heterocycles. The summed E-state index contributed by atoms with van der Waals surface area (Å²) in [6.07, 6.45) is 2.30. The first-order valence-corrected chi connectivity index (χ1v) is 6.74. The van der Waals surface area contributed by atoms with Gasteiger partial charge in [-0.2, -0.15) is 0 Å². The first-order valence-electron chi connectivity index (χ1n) is 5.99. The number of rotatable bonds is 3. The molecule has 3 N–H and O–H groups in total. The number of hydrazine groups is 1. The van der Waals surface area contributed by atoms with E-state index in [4.69, 9.17) is 29.0 Å². The normalized spacial score (nSPS) is 14.5. The molecule has 0 aliphatic heterocycles. The SMILES string of the molecule is NNc1cc(C2CC2)nc(-c2c(Cl)cccc2Cl)n1. The van der Waals surface area contributed by atoms with Crippen LogP contribution in [0, 0.1) is 0 Å². The van der Waals surface area contributed by atoms with Crippen molar-refractivity contribution in [1.82, 2.24) is 9.97 Å². The minimum atomic E-state index is 0.495. The number of aromatic nitrogens is 2. The van der Waals surface area contributed by atoms with E-state index < -0.39 is 0 Å². The van der Waals surface area contributed by atoms with Crippen LogP contribution in [0.4, 0.5) is 5.82 Å². The average Bonchev–Trinajstić information content (AvgIpc) is 3.22. The Morgan fingerprint density at radius 1 is 1.16 bits per heavy atom. The largest absolute Gasteiger partial charge is 0.308 e. The van der Waals surface area contributed by atoms with Crippen LogP contribution in [-0.2, 0) is 0 Å². The Morgan fingerprint density at radius 2 is 1.84 bits per heavy atom. The first-order chi connectivity index (χ1) is 9.19. The third kappa shape index (κ3) is 2.52. The Labute approximate surface area is 120 Å². The van der Waals surface area contributed by atoms with Gasteiger partial charge in [-0.15, -0.1) is 0 Å². The van der Waals surface area contributed by atoms with Crippen LogP contribution in [0.25, 0.3) is 11.4 Å². The van der Waals surface area contributed by atoms with Crippen molar-refractivity contribution in [3.63, 3.8) is 0 Å². The Hall–Kier alpha value is -1.36. The van der Waals surface area contributed by atoms with Gasteiger partial charge in [0.1, 0.15) is 5.82 Å². The highest BCUT2D eigenvalue weighted by Crippen LogP contribution is 2.41. The molecule has 1 heterocycles. The predicted molar refractivity (Wildman–Crippen MR) is 77.3 cm³/mol. The zero-order chi connectivity index (χ0) is 13.4.